The molecule has 0 aromatic heterocycles. The molecule has 2 N–H and O–H groups in total. The molecule has 1 aromatic carbocycles. The van der Waals surface area contributed by atoms with Crippen molar-refractivity contribution in [3.63, 3.8) is 0 Å². The number of phenolic OH excluding ortho intramolecular Hbond substituents is 1. The van der Waals surface area contributed by atoms with Crippen LogP contribution in [0.5, 0.6) is 5.75 Å². The molecule has 0 unspecified atom stereocenters. The van der Waals surface area contributed by atoms with Gasteiger partial charge in [-0.25, -0.2) is 4.39 Å². The Morgan fingerprint density at radius 2 is 1.94 bits per heavy atom. The van der Waals surface area contributed by atoms with E-state index in [1.165, 1.54) is 6.07 Å². The van der Waals surface area contributed by atoms with Crippen molar-refractivity contribution in [1.29, 1.82) is 0 Å². The molecule has 3 nitrogen and oxygen atoms in total. The van der Waals surface area contributed by atoms with Gasteiger partial charge in [-0.05, 0) is 50.3 Å². The van der Waals surface area contributed by atoms with Gasteiger partial charge in [0.05, 0.1) is 0 Å². The van der Waals surface area contributed by atoms with Gasteiger partial charge >= 0.3 is 0 Å². The van der Waals surface area contributed by atoms with E-state index in [-0.39, 0.29) is 5.75 Å². The van der Waals surface area contributed by atoms with E-state index in [2.05, 4.69) is 24.1 Å². The Morgan fingerprint density at radius 1 is 1.22 bits per heavy atom. The second kappa shape index (κ2) is 8.06. The molecule has 0 saturated carbocycles. The van der Waals surface area contributed by atoms with E-state index in [4.69, 9.17) is 0 Å². The third-order valence-corrected chi connectivity index (χ3v) is 2.99. The molecular weight excluding hydrogens is 231 g/mol. The molecule has 0 atom stereocenters. The number of phenols is 1. The van der Waals surface area contributed by atoms with Crippen LogP contribution in [0.1, 0.15) is 25.8 Å². The topological polar surface area (TPSA) is 35.5 Å². The molecule has 0 amide bonds. The molecule has 102 valence electrons. The van der Waals surface area contributed by atoms with Gasteiger partial charge in [-0.1, -0.05) is 13.8 Å². The van der Waals surface area contributed by atoms with Crippen molar-refractivity contribution in [2.45, 2.75) is 26.8 Å². The van der Waals surface area contributed by atoms with E-state index >= 15 is 0 Å². The molecule has 18 heavy (non-hydrogen) atoms. The molecule has 1 rings (SSSR count). The van der Waals surface area contributed by atoms with E-state index < -0.39 is 5.82 Å². The highest BCUT2D eigenvalue weighted by molar-refractivity contribution is 5.28. The van der Waals surface area contributed by atoms with Crippen LogP contribution in [0, 0.1) is 5.82 Å². The van der Waals surface area contributed by atoms with Crippen molar-refractivity contribution in [1.82, 2.24) is 10.2 Å². The zero-order valence-corrected chi connectivity index (χ0v) is 11.2. The fourth-order valence-electron chi connectivity index (χ4n) is 1.94. The molecule has 0 bridgehead atoms. The van der Waals surface area contributed by atoms with Crippen molar-refractivity contribution in [2.75, 3.05) is 26.2 Å². The Balaban J connectivity index is 2.21. The van der Waals surface area contributed by atoms with Crippen molar-refractivity contribution < 1.29 is 9.50 Å². The smallest absolute Gasteiger partial charge is 0.127 e. The van der Waals surface area contributed by atoms with Gasteiger partial charge in [-0.3, -0.25) is 0 Å². The van der Waals surface area contributed by atoms with Gasteiger partial charge < -0.3 is 15.3 Å². The van der Waals surface area contributed by atoms with Crippen LogP contribution in [-0.2, 0) is 6.54 Å². The number of aromatic hydroxyl groups is 1. The normalized spacial score (nSPS) is 11.1. The van der Waals surface area contributed by atoms with E-state index in [1.807, 2.05) is 0 Å². The van der Waals surface area contributed by atoms with Crippen LogP contribution in [0.2, 0.25) is 0 Å². The summed E-state index contributed by atoms with van der Waals surface area (Å²) in [6, 6.07) is 4.14. The Hall–Kier alpha value is -1.13. The van der Waals surface area contributed by atoms with Crippen LogP contribution in [0.3, 0.4) is 0 Å². The zero-order valence-electron chi connectivity index (χ0n) is 11.2. The van der Waals surface area contributed by atoms with E-state index in [9.17, 15) is 9.50 Å². The van der Waals surface area contributed by atoms with Gasteiger partial charge in [-0.15, -0.1) is 0 Å². The van der Waals surface area contributed by atoms with Crippen LogP contribution in [0.15, 0.2) is 18.2 Å². The molecular formula is C14H23FN2O. The van der Waals surface area contributed by atoms with Gasteiger partial charge in [0.1, 0.15) is 11.6 Å². The summed E-state index contributed by atoms with van der Waals surface area (Å²) in [5, 5.41) is 12.5. The Kier molecular flexibility index (Phi) is 6.68. The molecule has 0 heterocycles. The van der Waals surface area contributed by atoms with Crippen molar-refractivity contribution in [3.05, 3.63) is 29.6 Å². The van der Waals surface area contributed by atoms with Crippen molar-refractivity contribution in [3.8, 4) is 5.75 Å². The first kappa shape index (κ1) is 14.9. The number of rotatable bonds is 8. The number of hydrogen-bond donors (Lipinski definition) is 2. The molecule has 0 aliphatic heterocycles. The number of halogens is 1. The third kappa shape index (κ3) is 5.47. The lowest BCUT2D eigenvalue weighted by Crippen LogP contribution is -2.27. The maximum absolute atomic E-state index is 13.0. The summed E-state index contributed by atoms with van der Waals surface area (Å²) in [4.78, 5) is 2.37. The molecule has 0 saturated heterocycles. The van der Waals surface area contributed by atoms with Gasteiger partial charge in [0.15, 0.2) is 0 Å². The highest BCUT2D eigenvalue weighted by Crippen LogP contribution is 2.14. The minimum absolute atomic E-state index is 0.0186. The Bertz CT molecular complexity index is 333. The van der Waals surface area contributed by atoms with Gasteiger partial charge in [0.2, 0.25) is 0 Å². The number of benzene rings is 1. The van der Waals surface area contributed by atoms with E-state index in [1.54, 1.807) is 6.07 Å². The fraction of sp³-hybridized carbons (Fsp3) is 0.571. The summed E-state index contributed by atoms with van der Waals surface area (Å²) in [5.41, 5.74) is 0.773. The Morgan fingerprint density at radius 3 is 2.56 bits per heavy atom. The predicted octanol–water partition coefficient (Wildman–Crippen LogP) is 2.35. The summed E-state index contributed by atoms with van der Waals surface area (Å²) in [5.74, 6) is -0.412. The average Bonchev–Trinajstić information content (AvgIpc) is 2.32. The summed E-state index contributed by atoms with van der Waals surface area (Å²) in [7, 11) is 0. The van der Waals surface area contributed by atoms with Crippen LogP contribution >= 0.6 is 0 Å². The second-order valence-electron chi connectivity index (χ2n) is 4.37. The lowest BCUT2D eigenvalue weighted by Gasteiger charge is -2.17. The van der Waals surface area contributed by atoms with Gasteiger partial charge in [0, 0.05) is 12.6 Å². The lowest BCUT2D eigenvalue weighted by molar-refractivity contribution is 0.298. The minimum Gasteiger partial charge on any atom is -0.508 e. The number of nitrogens with one attached hydrogen (secondary N) is 1. The molecule has 0 fully saturated rings. The van der Waals surface area contributed by atoms with Crippen molar-refractivity contribution >= 4 is 0 Å². The van der Waals surface area contributed by atoms with Crippen LogP contribution in [-0.4, -0.2) is 36.2 Å². The highest BCUT2D eigenvalue weighted by atomic mass is 19.1. The summed E-state index contributed by atoms with van der Waals surface area (Å²) in [6.45, 7) is 9.03. The maximum atomic E-state index is 13.0. The quantitative estimate of drug-likeness (QED) is 0.699. The Labute approximate surface area is 109 Å². The first-order valence-electron chi connectivity index (χ1n) is 6.57. The van der Waals surface area contributed by atoms with Gasteiger partial charge in [0.25, 0.3) is 0 Å². The van der Waals surface area contributed by atoms with Gasteiger partial charge in [-0.2, -0.15) is 0 Å². The molecule has 1 aromatic rings. The SMILES string of the molecule is CCN(CC)CCCNCc1cc(O)cc(F)c1. The maximum Gasteiger partial charge on any atom is 0.127 e. The minimum atomic E-state index is -0.394. The molecule has 0 aliphatic rings. The standard InChI is InChI=1S/C14H23FN2O/c1-3-17(4-2)7-5-6-16-11-12-8-13(15)10-14(18)9-12/h8-10,16,18H,3-7,11H2,1-2H3. The highest BCUT2D eigenvalue weighted by Gasteiger charge is 2.00. The average molecular weight is 254 g/mol. The predicted molar refractivity (Wildman–Crippen MR) is 72.2 cm³/mol. The number of nitrogens with zero attached hydrogens (tertiary/aromatic N) is 1. The van der Waals surface area contributed by atoms with E-state index in [0.717, 1.165) is 44.2 Å². The first-order chi connectivity index (χ1) is 8.65. The van der Waals surface area contributed by atoms with E-state index in [0.29, 0.717) is 6.54 Å². The molecule has 0 spiro atoms. The number of hydrogen-bond acceptors (Lipinski definition) is 3. The first-order valence-corrected chi connectivity index (χ1v) is 6.57. The van der Waals surface area contributed by atoms with Crippen LogP contribution < -0.4 is 5.32 Å². The molecule has 0 aliphatic carbocycles. The summed E-state index contributed by atoms with van der Waals surface area (Å²) < 4.78 is 13.0. The largest absolute Gasteiger partial charge is 0.508 e. The zero-order chi connectivity index (χ0) is 13.4. The van der Waals surface area contributed by atoms with Crippen molar-refractivity contribution in [2.24, 2.45) is 0 Å². The summed E-state index contributed by atoms with van der Waals surface area (Å²) >= 11 is 0. The third-order valence-electron chi connectivity index (χ3n) is 2.99. The monoisotopic (exact) mass is 254 g/mol. The lowest BCUT2D eigenvalue weighted by atomic mass is 10.2. The molecule has 0 radical (unpaired) electrons. The second-order valence-corrected chi connectivity index (χ2v) is 4.37. The fourth-order valence-corrected chi connectivity index (χ4v) is 1.94. The molecule has 4 heteroatoms. The van der Waals surface area contributed by atoms with Crippen LogP contribution in [0.4, 0.5) is 4.39 Å². The van der Waals surface area contributed by atoms with Crippen LogP contribution in [0.25, 0.3) is 0 Å². The summed E-state index contributed by atoms with van der Waals surface area (Å²) in [6.07, 6.45) is 1.07.